The van der Waals surface area contributed by atoms with Gasteiger partial charge in [-0.3, -0.25) is 4.84 Å². The van der Waals surface area contributed by atoms with E-state index in [1.165, 1.54) is 5.39 Å². The SMILES string of the molecule is CC(ON)c1c[nH]c2ccccc12. The molecule has 1 aromatic carbocycles. The van der Waals surface area contributed by atoms with Gasteiger partial charge < -0.3 is 4.98 Å². The summed E-state index contributed by atoms with van der Waals surface area (Å²) in [6.45, 7) is 1.93. The lowest BCUT2D eigenvalue weighted by Crippen LogP contribution is -2.04. The molecule has 0 saturated carbocycles. The summed E-state index contributed by atoms with van der Waals surface area (Å²) in [6, 6.07) is 8.08. The van der Waals surface area contributed by atoms with Crippen LogP contribution >= 0.6 is 0 Å². The molecule has 1 unspecified atom stereocenters. The van der Waals surface area contributed by atoms with E-state index in [0.717, 1.165) is 11.1 Å². The van der Waals surface area contributed by atoms with E-state index >= 15 is 0 Å². The largest absolute Gasteiger partial charge is 0.361 e. The molecule has 3 nitrogen and oxygen atoms in total. The van der Waals surface area contributed by atoms with Crippen LogP contribution in [0.4, 0.5) is 0 Å². The van der Waals surface area contributed by atoms with Crippen molar-refractivity contribution in [2.45, 2.75) is 13.0 Å². The number of nitrogens with one attached hydrogen (secondary N) is 1. The minimum absolute atomic E-state index is 0.0730. The minimum Gasteiger partial charge on any atom is -0.361 e. The number of H-pyrrole nitrogens is 1. The van der Waals surface area contributed by atoms with Crippen LogP contribution in [-0.4, -0.2) is 4.98 Å². The molecular formula is C10H12N2O. The second-order valence-electron chi connectivity index (χ2n) is 3.07. The van der Waals surface area contributed by atoms with Gasteiger partial charge in [0.2, 0.25) is 0 Å². The number of fused-ring (bicyclic) bond motifs is 1. The number of aromatic amines is 1. The Morgan fingerprint density at radius 2 is 2.15 bits per heavy atom. The van der Waals surface area contributed by atoms with E-state index in [-0.39, 0.29) is 6.10 Å². The molecule has 0 saturated heterocycles. The maximum absolute atomic E-state index is 5.14. The summed E-state index contributed by atoms with van der Waals surface area (Å²) < 4.78 is 0. The molecule has 0 amide bonds. The van der Waals surface area contributed by atoms with Gasteiger partial charge in [-0.2, -0.15) is 0 Å². The predicted molar refractivity (Wildman–Crippen MR) is 52.0 cm³/mol. The van der Waals surface area contributed by atoms with Gasteiger partial charge in [-0.05, 0) is 13.0 Å². The molecule has 68 valence electrons. The number of aromatic nitrogens is 1. The quantitative estimate of drug-likeness (QED) is 0.688. The third-order valence-electron chi connectivity index (χ3n) is 2.26. The fourth-order valence-corrected chi connectivity index (χ4v) is 1.50. The Kier molecular flexibility index (Phi) is 2.04. The first-order chi connectivity index (χ1) is 6.33. The highest BCUT2D eigenvalue weighted by Gasteiger charge is 2.09. The van der Waals surface area contributed by atoms with E-state index in [4.69, 9.17) is 10.7 Å². The number of hydrogen-bond acceptors (Lipinski definition) is 2. The average Bonchev–Trinajstić information content (AvgIpc) is 2.60. The van der Waals surface area contributed by atoms with Crippen molar-refractivity contribution in [3.63, 3.8) is 0 Å². The topological polar surface area (TPSA) is 51.0 Å². The van der Waals surface area contributed by atoms with Crippen molar-refractivity contribution in [2.75, 3.05) is 0 Å². The minimum atomic E-state index is -0.0730. The zero-order chi connectivity index (χ0) is 9.26. The molecule has 0 radical (unpaired) electrons. The molecular weight excluding hydrogens is 164 g/mol. The van der Waals surface area contributed by atoms with Crippen molar-refractivity contribution in [3.05, 3.63) is 36.0 Å². The van der Waals surface area contributed by atoms with Crippen LogP contribution in [0.1, 0.15) is 18.6 Å². The summed E-state index contributed by atoms with van der Waals surface area (Å²) >= 11 is 0. The number of hydrogen-bond donors (Lipinski definition) is 2. The van der Waals surface area contributed by atoms with Crippen LogP contribution in [0.5, 0.6) is 0 Å². The van der Waals surface area contributed by atoms with Crippen molar-refractivity contribution in [3.8, 4) is 0 Å². The Labute approximate surface area is 76.5 Å². The van der Waals surface area contributed by atoms with Gasteiger partial charge in [0.05, 0.1) is 0 Å². The summed E-state index contributed by atoms with van der Waals surface area (Å²) in [7, 11) is 0. The summed E-state index contributed by atoms with van der Waals surface area (Å²) in [5.74, 6) is 5.14. The molecule has 0 spiro atoms. The highest BCUT2D eigenvalue weighted by atomic mass is 16.6. The van der Waals surface area contributed by atoms with E-state index < -0.39 is 0 Å². The maximum Gasteiger partial charge on any atom is 0.103 e. The van der Waals surface area contributed by atoms with Crippen LogP contribution < -0.4 is 5.90 Å². The van der Waals surface area contributed by atoms with Gasteiger partial charge in [-0.25, -0.2) is 5.90 Å². The Morgan fingerprint density at radius 1 is 1.38 bits per heavy atom. The number of rotatable bonds is 2. The molecule has 0 bridgehead atoms. The van der Waals surface area contributed by atoms with Gasteiger partial charge in [0.25, 0.3) is 0 Å². The summed E-state index contributed by atoms with van der Waals surface area (Å²) in [5.41, 5.74) is 2.21. The molecule has 2 rings (SSSR count). The fourth-order valence-electron chi connectivity index (χ4n) is 1.50. The third-order valence-corrected chi connectivity index (χ3v) is 2.26. The maximum atomic E-state index is 5.14. The highest BCUT2D eigenvalue weighted by molar-refractivity contribution is 5.83. The Morgan fingerprint density at radius 3 is 2.92 bits per heavy atom. The second kappa shape index (κ2) is 3.20. The zero-order valence-electron chi connectivity index (χ0n) is 7.45. The van der Waals surface area contributed by atoms with Crippen molar-refractivity contribution >= 4 is 10.9 Å². The van der Waals surface area contributed by atoms with Crippen molar-refractivity contribution in [1.82, 2.24) is 4.98 Å². The molecule has 3 heteroatoms. The van der Waals surface area contributed by atoms with Crippen LogP contribution in [0.3, 0.4) is 0 Å². The smallest absolute Gasteiger partial charge is 0.103 e. The monoisotopic (exact) mass is 176 g/mol. The lowest BCUT2D eigenvalue weighted by molar-refractivity contribution is 0.0674. The molecule has 1 heterocycles. The first kappa shape index (κ1) is 8.29. The summed E-state index contributed by atoms with van der Waals surface area (Å²) in [4.78, 5) is 7.95. The van der Waals surface area contributed by atoms with Crippen molar-refractivity contribution < 1.29 is 4.84 Å². The first-order valence-electron chi connectivity index (χ1n) is 4.24. The van der Waals surface area contributed by atoms with Gasteiger partial charge in [0.1, 0.15) is 6.10 Å². The molecule has 1 aromatic heterocycles. The zero-order valence-corrected chi connectivity index (χ0v) is 7.45. The third kappa shape index (κ3) is 1.32. The fraction of sp³-hybridized carbons (Fsp3) is 0.200. The molecule has 0 aliphatic carbocycles. The normalized spacial score (nSPS) is 13.4. The lowest BCUT2D eigenvalue weighted by Gasteiger charge is -2.06. The second-order valence-corrected chi connectivity index (χ2v) is 3.07. The average molecular weight is 176 g/mol. The lowest BCUT2D eigenvalue weighted by atomic mass is 10.1. The molecule has 3 N–H and O–H groups in total. The Balaban J connectivity index is 2.57. The Hall–Kier alpha value is -1.32. The van der Waals surface area contributed by atoms with Gasteiger partial charge in [0, 0.05) is 22.7 Å². The number of benzene rings is 1. The van der Waals surface area contributed by atoms with Crippen molar-refractivity contribution in [2.24, 2.45) is 5.90 Å². The van der Waals surface area contributed by atoms with E-state index in [1.807, 2.05) is 31.3 Å². The molecule has 2 aromatic rings. The van der Waals surface area contributed by atoms with Gasteiger partial charge >= 0.3 is 0 Å². The van der Waals surface area contributed by atoms with Crippen LogP contribution in [0, 0.1) is 0 Å². The Bertz CT molecular complexity index is 408. The molecule has 0 aliphatic rings. The van der Waals surface area contributed by atoms with Crippen molar-refractivity contribution in [1.29, 1.82) is 0 Å². The molecule has 0 fully saturated rings. The van der Waals surface area contributed by atoms with Crippen LogP contribution in [-0.2, 0) is 4.84 Å². The van der Waals surface area contributed by atoms with Crippen LogP contribution in [0.25, 0.3) is 10.9 Å². The van der Waals surface area contributed by atoms with E-state index in [2.05, 4.69) is 11.1 Å². The van der Waals surface area contributed by atoms with E-state index in [9.17, 15) is 0 Å². The predicted octanol–water partition coefficient (Wildman–Crippen LogP) is 2.12. The van der Waals surface area contributed by atoms with Gasteiger partial charge in [-0.15, -0.1) is 0 Å². The van der Waals surface area contributed by atoms with E-state index in [0.29, 0.717) is 0 Å². The van der Waals surface area contributed by atoms with Crippen LogP contribution in [0.15, 0.2) is 30.5 Å². The summed E-state index contributed by atoms with van der Waals surface area (Å²) in [5, 5.41) is 1.17. The number of nitrogens with two attached hydrogens (primary N) is 1. The molecule has 0 aliphatic heterocycles. The number of para-hydroxylation sites is 1. The van der Waals surface area contributed by atoms with Gasteiger partial charge in [-0.1, -0.05) is 18.2 Å². The highest BCUT2D eigenvalue weighted by Crippen LogP contribution is 2.24. The van der Waals surface area contributed by atoms with Gasteiger partial charge in [0.15, 0.2) is 0 Å². The standard InChI is InChI=1S/C10H12N2O/c1-7(13-11)9-6-12-10-5-3-2-4-8(9)10/h2-7,12H,11H2,1H3. The first-order valence-corrected chi connectivity index (χ1v) is 4.24. The van der Waals surface area contributed by atoms with E-state index in [1.54, 1.807) is 0 Å². The molecule has 1 atom stereocenters. The summed E-state index contributed by atoms with van der Waals surface area (Å²) in [6.07, 6.45) is 1.86. The van der Waals surface area contributed by atoms with Crippen LogP contribution in [0.2, 0.25) is 0 Å². The molecule has 13 heavy (non-hydrogen) atoms.